The van der Waals surface area contributed by atoms with Gasteiger partial charge in [-0.2, -0.15) is 8.78 Å². The van der Waals surface area contributed by atoms with Gasteiger partial charge >= 0.3 is 11.2 Å². The number of halogens is 2. The lowest BCUT2D eigenvalue weighted by Crippen LogP contribution is -2.40. The van der Waals surface area contributed by atoms with Crippen LogP contribution in [0, 0.1) is 11.8 Å². The Bertz CT molecular complexity index is 817. The largest absolute Gasteiger partial charge is 0.710 e. The van der Waals surface area contributed by atoms with Crippen LogP contribution in [-0.4, -0.2) is 22.8 Å². The molecule has 0 heterocycles. The topological polar surface area (TPSA) is 92.7 Å². The van der Waals surface area contributed by atoms with Crippen LogP contribution in [0.2, 0.25) is 0 Å². The number of alkyl halides is 2. The normalized spacial score (nSPS) is 22.1. The summed E-state index contributed by atoms with van der Waals surface area (Å²) >= 11 is -0.911. The lowest BCUT2D eigenvalue weighted by Gasteiger charge is -2.31. The van der Waals surface area contributed by atoms with E-state index in [2.05, 4.69) is 9.07 Å². The zero-order chi connectivity index (χ0) is 18.2. The highest BCUT2D eigenvalue weighted by atomic mass is 32.2. The van der Waals surface area contributed by atoms with Crippen molar-refractivity contribution in [2.45, 2.75) is 5.25 Å². The Morgan fingerprint density at radius 3 is 2.44 bits per heavy atom. The number of carbonyl (C=O) groups excluding carboxylic acids is 3. The van der Waals surface area contributed by atoms with Gasteiger partial charge in [0.25, 0.3) is 0 Å². The molecule has 0 saturated heterocycles. The van der Waals surface area contributed by atoms with E-state index in [9.17, 15) is 28.4 Å². The Morgan fingerprint density at radius 1 is 1.16 bits per heavy atom. The third-order valence-corrected chi connectivity index (χ3v) is 4.32. The van der Waals surface area contributed by atoms with Gasteiger partial charge in [0, 0.05) is 11.1 Å². The van der Waals surface area contributed by atoms with Gasteiger partial charge in [0.2, 0.25) is 0 Å². The number of esters is 1. The zero-order valence-electron chi connectivity index (χ0n) is 12.3. The molecule has 6 nitrogen and oxygen atoms in total. The smallest absolute Gasteiger partial charge is 0.412 e. The molecule has 3 rings (SSSR count). The van der Waals surface area contributed by atoms with Crippen LogP contribution in [0.4, 0.5) is 8.78 Å². The predicted molar refractivity (Wildman–Crippen MR) is 79.0 cm³/mol. The van der Waals surface area contributed by atoms with Crippen molar-refractivity contribution in [3.8, 4) is 0 Å². The molecule has 0 radical (unpaired) electrons. The fraction of sp³-hybridized carbons (Fsp3) is 0.188. The summed E-state index contributed by atoms with van der Waals surface area (Å²) < 4.78 is 34.3. The number of benzene rings is 1. The van der Waals surface area contributed by atoms with Crippen molar-refractivity contribution in [3.63, 3.8) is 0 Å². The molecule has 9 heteroatoms. The summed E-state index contributed by atoms with van der Waals surface area (Å²) in [6, 6.07) is 6.11. The number of hydrogen-bond acceptors (Lipinski definition) is 7. The first-order chi connectivity index (χ1) is 11.9. The molecule has 0 N–H and O–H groups in total. The number of hydrogen-bond donors (Lipinski definition) is 0. The van der Waals surface area contributed by atoms with Gasteiger partial charge in [0.15, 0.2) is 11.6 Å². The maximum atomic E-state index is 13.4. The van der Waals surface area contributed by atoms with E-state index in [1.54, 1.807) is 12.1 Å². The molecule has 0 saturated carbocycles. The van der Waals surface area contributed by atoms with E-state index in [0.717, 1.165) is 6.08 Å². The second-order valence-electron chi connectivity index (χ2n) is 5.29. The maximum absolute atomic E-state index is 13.4. The summed E-state index contributed by atoms with van der Waals surface area (Å²) in [4.78, 5) is 36.8. The van der Waals surface area contributed by atoms with Gasteiger partial charge in [-0.3, -0.25) is 9.59 Å². The van der Waals surface area contributed by atoms with Gasteiger partial charge in [0.1, 0.15) is 5.76 Å². The second kappa shape index (κ2) is 6.51. The first-order valence-electron chi connectivity index (χ1n) is 7.00. The number of carbonyl (C=O) groups is 3. The van der Waals surface area contributed by atoms with Crippen molar-refractivity contribution in [3.05, 3.63) is 59.4 Å². The summed E-state index contributed by atoms with van der Waals surface area (Å²) in [5.74, 6) is -5.50. The van der Waals surface area contributed by atoms with Gasteiger partial charge in [-0.1, -0.05) is 36.4 Å². The van der Waals surface area contributed by atoms with E-state index in [-0.39, 0.29) is 22.7 Å². The Labute approximate surface area is 144 Å². The van der Waals surface area contributed by atoms with Crippen molar-refractivity contribution in [2.75, 3.05) is 0 Å². The van der Waals surface area contributed by atoms with Crippen LogP contribution in [0.5, 0.6) is 0 Å². The van der Waals surface area contributed by atoms with Crippen LogP contribution in [0.1, 0.15) is 20.7 Å². The van der Waals surface area contributed by atoms with Crippen molar-refractivity contribution in [1.82, 2.24) is 0 Å². The summed E-state index contributed by atoms with van der Waals surface area (Å²) in [6.07, 6.45) is 3.96. The van der Waals surface area contributed by atoms with Crippen LogP contribution in [0.15, 0.2) is 48.3 Å². The lowest BCUT2D eigenvalue weighted by atomic mass is 9.71. The van der Waals surface area contributed by atoms with E-state index in [4.69, 9.17) is 0 Å². The molecule has 130 valence electrons. The summed E-state index contributed by atoms with van der Waals surface area (Å²) in [5, 5.41) is 5.60. The van der Waals surface area contributed by atoms with Crippen molar-refractivity contribution in [1.29, 1.82) is 0 Å². The highest BCUT2D eigenvalue weighted by Gasteiger charge is 2.48. The molecule has 25 heavy (non-hydrogen) atoms. The van der Waals surface area contributed by atoms with Crippen molar-refractivity contribution >= 4 is 29.6 Å². The zero-order valence-corrected chi connectivity index (χ0v) is 13.1. The molecule has 1 aromatic carbocycles. The molecule has 0 aromatic heterocycles. The van der Waals surface area contributed by atoms with Crippen LogP contribution in [0.25, 0.3) is 0 Å². The van der Waals surface area contributed by atoms with E-state index in [0.29, 0.717) is 0 Å². The van der Waals surface area contributed by atoms with E-state index >= 15 is 0 Å². The van der Waals surface area contributed by atoms with Gasteiger partial charge < -0.3 is 14.3 Å². The fourth-order valence-electron chi connectivity index (χ4n) is 2.79. The van der Waals surface area contributed by atoms with Crippen LogP contribution >= 0.6 is 12.0 Å². The van der Waals surface area contributed by atoms with E-state index in [1.165, 1.54) is 24.3 Å². The van der Waals surface area contributed by atoms with E-state index in [1.807, 2.05) is 0 Å². The number of ether oxygens (including phenoxy) is 1. The molecule has 0 aliphatic heterocycles. The molecule has 2 atom stereocenters. The summed E-state index contributed by atoms with van der Waals surface area (Å²) in [5.41, 5.74) is 0.363. The molecule has 0 bridgehead atoms. The number of allylic oxidation sites excluding steroid dienone is 4. The maximum Gasteiger partial charge on any atom is 0.412 e. The van der Waals surface area contributed by atoms with Gasteiger partial charge in [0.05, 0.1) is 23.9 Å². The average Bonchev–Trinajstić information content (AvgIpc) is 2.59. The Kier molecular flexibility index (Phi) is 4.55. The highest BCUT2D eigenvalue weighted by Crippen LogP contribution is 2.39. The fourth-order valence-corrected chi connectivity index (χ4v) is 2.99. The molecular weight excluding hydrogens is 358 g/mol. The molecular formula is C16H9F2O6S-. The van der Waals surface area contributed by atoms with Crippen LogP contribution in [-0.2, 0) is 13.9 Å². The second-order valence-corrected chi connectivity index (χ2v) is 6.10. The average molecular weight is 367 g/mol. The molecule has 0 amide bonds. The minimum Gasteiger partial charge on any atom is -0.710 e. The lowest BCUT2D eigenvalue weighted by molar-refractivity contribution is -0.630. The number of Topliss-reactive ketones (excluding diaryl/α,β-unsaturated/α-hetero) is 2. The molecule has 0 spiro atoms. The Morgan fingerprint density at radius 2 is 1.80 bits per heavy atom. The number of rotatable bonds is 4. The third-order valence-electron chi connectivity index (χ3n) is 3.87. The Balaban J connectivity index is 1.93. The molecule has 1 aromatic rings. The van der Waals surface area contributed by atoms with E-state index < -0.39 is 40.9 Å². The van der Waals surface area contributed by atoms with Crippen molar-refractivity contribution < 1.29 is 37.5 Å². The summed E-state index contributed by atoms with van der Waals surface area (Å²) in [7, 11) is 0. The van der Waals surface area contributed by atoms with Gasteiger partial charge in [-0.15, -0.1) is 0 Å². The molecule has 2 aliphatic rings. The monoisotopic (exact) mass is 367 g/mol. The molecule has 2 aliphatic carbocycles. The minimum absolute atomic E-state index is 0.134. The predicted octanol–water partition coefficient (Wildman–Crippen LogP) is 1.83. The van der Waals surface area contributed by atoms with Crippen molar-refractivity contribution in [2.24, 2.45) is 11.8 Å². The number of fused-ring (bicyclic) bond motifs is 2. The highest BCUT2D eigenvalue weighted by molar-refractivity contribution is 7.96. The van der Waals surface area contributed by atoms with Crippen LogP contribution < -0.4 is 5.26 Å². The van der Waals surface area contributed by atoms with Crippen LogP contribution in [0.3, 0.4) is 0 Å². The number of ketones is 2. The standard InChI is InChI=1S/C16H10F2O6S/c17-16(18,25-24-22)15(21)23-11-7-3-6-10-12(11)14(20)9-5-2-1-4-8(9)13(10)19/h1-7,10,12,22H/p-1. The first kappa shape index (κ1) is 17.5. The quantitative estimate of drug-likeness (QED) is 0.347. The minimum atomic E-state index is -4.25. The summed E-state index contributed by atoms with van der Waals surface area (Å²) in [6.45, 7) is 0. The Hall–Kier alpha value is -2.36. The first-order valence-corrected chi connectivity index (χ1v) is 7.74. The molecule has 2 unspecified atom stereocenters. The van der Waals surface area contributed by atoms with Gasteiger partial charge in [-0.25, -0.2) is 4.79 Å². The SMILES string of the molecule is O=C1c2ccccc2C(=O)C2C(OC(=O)C(F)(F)SO[O-])=CC=CC12. The van der Waals surface area contributed by atoms with Gasteiger partial charge in [-0.05, 0) is 6.08 Å². The third kappa shape index (κ3) is 3.01. The molecule has 0 fully saturated rings.